The molecule has 0 heterocycles. The molecule has 0 aromatic heterocycles. The van der Waals surface area contributed by atoms with E-state index in [4.69, 9.17) is 0 Å². The van der Waals surface area contributed by atoms with Crippen molar-refractivity contribution in [1.82, 2.24) is 0 Å². The van der Waals surface area contributed by atoms with E-state index >= 15 is 0 Å². The molecule has 0 aliphatic heterocycles. The topological polar surface area (TPSA) is 0 Å². The molecule has 11 heteroatoms. The summed E-state index contributed by atoms with van der Waals surface area (Å²) in [5, 5.41) is -7.31. The first-order valence-electron chi connectivity index (χ1n) is 2.17. The Kier molecular flexibility index (Phi) is 2.24. The second kappa shape index (κ2) is 2.17. The first-order chi connectivity index (χ1) is 5.00. The van der Waals surface area contributed by atoms with Gasteiger partial charge in [0.15, 0.2) is 0 Å². The van der Waals surface area contributed by atoms with E-state index in [1.165, 1.54) is 0 Å². The molecule has 0 N–H and O–H groups in total. The molecular formula is C2F9IS. The molecule has 0 aromatic carbocycles. The van der Waals surface area contributed by atoms with E-state index in [0.29, 0.717) is 0 Å². The van der Waals surface area contributed by atoms with Crippen LogP contribution in [0.2, 0.25) is 0 Å². The summed E-state index contributed by atoms with van der Waals surface area (Å²) in [5.74, 6) is 0. The fraction of sp³-hybridized carbons (Fsp3) is 1.00. The van der Waals surface area contributed by atoms with Crippen LogP contribution in [0.15, 0.2) is 0 Å². The third-order valence-corrected chi connectivity index (χ3v) is 3.08. The minimum Gasteiger partial charge on any atom is -0.186 e. The van der Waals surface area contributed by atoms with Crippen LogP contribution in [0.5, 0.6) is 0 Å². The fourth-order valence-corrected chi connectivity index (χ4v) is 1.90. The average Bonchev–Trinajstić information content (AvgIpc) is 1.52. The van der Waals surface area contributed by atoms with Gasteiger partial charge in [-0.1, -0.05) is 19.4 Å². The van der Waals surface area contributed by atoms with E-state index < -0.39 is 42.0 Å². The minimum atomic E-state index is -11.5. The lowest BCUT2D eigenvalue weighted by atomic mass is 10.7. The molecule has 0 radical (unpaired) electrons. The lowest BCUT2D eigenvalue weighted by Gasteiger charge is -2.46. The Morgan fingerprint density at radius 3 is 1.00 bits per heavy atom. The second-order valence-corrected chi connectivity index (χ2v) is 5.79. The monoisotopic (exact) mass is 354 g/mol. The third-order valence-electron chi connectivity index (χ3n) is 0.814. The summed E-state index contributed by atoms with van der Waals surface area (Å²) in [6, 6.07) is 0. The highest BCUT2D eigenvalue weighted by Crippen LogP contribution is 3.05. The van der Waals surface area contributed by atoms with Crippen LogP contribution < -0.4 is 0 Å². The van der Waals surface area contributed by atoms with Crippen molar-refractivity contribution in [3.8, 4) is 0 Å². The molecule has 13 heavy (non-hydrogen) atoms. The van der Waals surface area contributed by atoms with Crippen LogP contribution in [0, 0.1) is 0 Å². The predicted octanol–water partition coefficient (Wildman–Crippen LogP) is 4.91. The summed E-state index contributed by atoms with van der Waals surface area (Å²) < 4.78 is 96.7. The number of hydrogen-bond donors (Lipinski definition) is 0. The van der Waals surface area contributed by atoms with Crippen LogP contribution in [0.3, 0.4) is 0 Å². The molecular weight excluding hydrogens is 354 g/mol. The normalized spacial score (nSPS) is 20.8. The lowest BCUT2D eigenvalue weighted by molar-refractivity contribution is -0.101. The van der Waals surface area contributed by atoms with E-state index in [-0.39, 0.29) is 0 Å². The summed E-state index contributed by atoms with van der Waals surface area (Å²) in [5.41, 5.74) is 0. The highest BCUT2D eigenvalue weighted by Gasteiger charge is 2.90. The molecule has 0 rings (SSSR count). The van der Waals surface area contributed by atoms with Gasteiger partial charge in [-0.15, -0.1) is 0 Å². The van der Waals surface area contributed by atoms with Crippen molar-refractivity contribution in [1.29, 1.82) is 0 Å². The van der Waals surface area contributed by atoms with Crippen LogP contribution in [0.4, 0.5) is 37.0 Å². The van der Waals surface area contributed by atoms with Gasteiger partial charge in [-0.25, -0.2) is 0 Å². The number of alkyl halides is 5. The number of rotatable bonds is 2. The van der Waals surface area contributed by atoms with Gasteiger partial charge in [0, 0.05) is 22.6 Å². The van der Waals surface area contributed by atoms with Gasteiger partial charge in [0.1, 0.15) is 0 Å². The van der Waals surface area contributed by atoms with Crippen LogP contribution in [-0.4, -0.2) is 9.18 Å². The highest BCUT2D eigenvalue weighted by atomic mass is 127. The van der Waals surface area contributed by atoms with Gasteiger partial charge in [0.05, 0.1) is 0 Å². The summed E-state index contributed by atoms with van der Waals surface area (Å²) in [7, 11) is -11.5. The van der Waals surface area contributed by atoms with Crippen molar-refractivity contribution < 1.29 is 37.0 Å². The zero-order valence-electron chi connectivity index (χ0n) is 5.19. The Balaban J connectivity index is 5.60. The molecule has 0 spiro atoms. The molecule has 0 aromatic rings. The summed E-state index contributed by atoms with van der Waals surface area (Å²) in [6.45, 7) is 0. The van der Waals surface area contributed by atoms with Crippen molar-refractivity contribution in [2.75, 3.05) is 0 Å². The van der Waals surface area contributed by atoms with E-state index in [2.05, 4.69) is 0 Å². The zero-order chi connectivity index (χ0) is 11.4. The molecule has 0 unspecified atom stereocenters. The Hall–Kier alpha value is 0.450. The van der Waals surface area contributed by atoms with Gasteiger partial charge in [-0.2, -0.15) is 17.6 Å². The number of halogens is 10. The van der Waals surface area contributed by atoms with E-state index in [1.807, 2.05) is 0 Å². The largest absolute Gasteiger partial charge is 0.453 e. The Labute approximate surface area is 79.3 Å². The van der Waals surface area contributed by atoms with Gasteiger partial charge >= 0.3 is 19.4 Å². The third kappa shape index (κ3) is 2.27. The predicted molar refractivity (Wildman–Crippen MR) is 37.0 cm³/mol. The summed E-state index contributed by atoms with van der Waals surface area (Å²) in [4.78, 5) is 0. The molecule has 0 aliphatic rings. The van der Waals surface area contributed by atoms with Gasteiger partial charge in [-0.05, 0) is 0 Å². The summed E-state index contributed by atoms with van der Waals surface area (Å²) in [6.07, 6.45) is 0. The highest BCUT2D eigenvalue weighted by molar-refractivity contribution is 14.1. The summed E-state index contributed by atoms with van der Waals surface area (Å²) >= 11 is -0.689. The van der Waals surface area contributed by atoms with Crippen LogP contribution >= 0.6 is 32.8 Å². The maximum Gasteiger partial charge on any atom is 0.453 e. The molecule has 0 bridgehead atoms. The van der Waals surface area contributed by atoms with Crippen molar-refractivity contribution in [3.63, 3.8) is 0 Å². The molecule has 0 saturated heterocycles. The van der Waals surface area contributed by atoms with Crippen LogP contribution in [-0.2, 0) is 0 Å². The van der Waals surface area contributed by atoms with E-state index in [1.54, 1.807) is 0 Å². The number of hydrogen-bond acceptors (Lipinski definition) is 0. The van der Waals surface area contributed by atoms with Gasteiger partial charge in [0.25, 0.3) is 0 Å². The van der Waals surface area contributed by atoms with Gasteiger partial charge in [0.2, 0.25) is 0 Å². The fourth-order valence-electron chi connectivity index (χ4n) is 0.219. The van der Waals surface area contributed by atoms with Gasteiger partial charge < -0.3 is 0 Å². The molecule has 0 nitrogen and oxygen atoms in total. The standard InChI is InChI=1S/C2F9IS/c3-1(4,12)2(5,6)13(7,8,9,10)11. The minimum absolute atomic E-state index is 0.689. The molecule has 0 fully saturated rings. The first-order valence-corrected chi connectivity index (χ1v) is 5.20. The molecule has 0 atom stereocenters. The Morgan fingerprint density at radius 1 is 0.769 bits per heavy atom. The van der Waals surface area contributed by atoms with E-state index in [9.17, 15) is 37.0 Å². The maximum atomic E-state index is 11.6. The smallest absolute Gasteiger partial charge is 0.186 e. The van der Waals surface area contributed by atoms with Crippen LogP contribution in [0.1, 0.15) is 0 Å². The molecule has 84 valence electrons. The lowest BCUT2D eigenvalue weighted by Crippen LogP contribution is -2.44. The average molecular weight is 354 g/mol. The molecule has 0 saturated carbocycles. The van der Waals surface area contributed by atoms with Crippen molar-refractivity contribution >= 4 is 32.8 Å². The van der Waals surface area contributed by atoms with Crippen LogP contribution in [0.25, 0.3) is 0 Å². The first kappa shape index (κ1) is 13.4. The van der Waals surface area contributed by atoms with E-state index in [0.717, 1.165) is 0 Å². The second-order valence-electron chi connectivity index (χ2n) is 1.98. The van der Waals surface area contributed by atoms with Crippen molar-refractivity contribution in [2.24, 2.45) is 0 Å². The maximum absolute atomic E-state index is 11.6. The van der Waals surface area contributed by atoms with Crippen molar-refractivity contribution in [2.45, 2.75) is 9.18 Å². The molecule has 0 aliphatic carbocycles. The quantitative estimate of drug-likeness (QED) is 0.376. The molecule has 0 amide bonds. The Morgan fingerprint density at radius 2 is 1.00 bits per heavy atom. The zero-order valence-corrected chi connectivity index (χ0v) is 8.16. The van der Waals surface area contributed by atoms with Crippen molar-refractivity contribution in [3.05, 3.63) is 0 Å². The SMILES string of the molecule is FC(F)(I)C(F)(F)S(F)(F)(F)(F)F. The Bertz CT molecular complexity index is 216. The van der Waals surface area contributed by atoms with Gasteiger partial charge in [-0.3, -0.25) is 0 Å².